The Morgan fingerprint density at radius 3 is 2.81 bits per heavy atom. The third-order valence-electron chi connectivity index (χ3n) is 5.20. The minimum absolute atomic E-state index is 0.0966. The summed E-state index contributed by atoms with van der Waals surface area (Å²) in [5.74, 6) is 0.460. The van der Waals surface area contributed by atoms with Gasteiger partial charge in [0.05, 0.1) is 16.8 Å². The van der Waals surface area contributed by atoms with E-state index in [-0.39, 0.29) is 11.2 Å². The molecular weight excluding hydrogens is 354 g/mol. The van der Waals surface area contributed by atoms with Gasteiger partial charge in [0.2, 0.25) is 0 Å². The molecule has 0 fully saturated rings. The average molecular weight is 378 g/mol. The standard InChI is InChI=1S/C22H23N3OS/c1-14-9-10-17-18(11-14)24-21(23-17)27-13-15(26)12-20-22(2,3)16-7-5-6-8-19(16)25(20)4/h5-12H,13H2,1-4H3,(H,23,24). The van der Waals surface area contributed by atoms with E-state index in [1.165, 1.54) is 28.6 Å². The highest BCUT2D eigenvalue weighted by molar-refractivity contribution is 7.99. The fourth-order valence-electron chi connectivity index (χ4n) is 3.76. The van der Waals surface area contributed by atoms with Gasteiger partial charge in [0.25, 0.3) is 0 Å². The molecule has 2 aromatic carbocycles. The molecule has 1 aliphatic heterocycles. The predicted molar refractivity (Wildman–Crippen MR) is 113 cm³/mol. The number of thioether (sulfide) groups is 1. The Morgan fingerprint density at radius 2 is 2.04 bits per heavy atom. The number of fused-ring (bicyclic) bond motifs is 2. The van der Waals surface area contributed by atoms with Gasteiger partial charge in [-0.1, -0.05) is 49.9 Å². The van der Waals surface area contributed by atoms with Gasteiger partial charge in [0, 0.05) is 29.9 Å². The molecular formula is C22H23N3OS. The molecule has 4 rings (SSSR count). The number of para-hydroxylation sites is 1. The molecule has 3 aromatic rings. The van der Waals surface area contributed by atoms with Crippen LogP contribution in [0.1, 0.15) is 25.0 Å². The van der Waals surface area contributed by atoms with Gasteiger partial charge in [-0.05, 0) is 36.2 Å². The van der Waals surface area contributed by atoms with E-state index in [1.807, 2.05) is 25.2 Å². The van der Waals surface area contributed by atoms with Crippen molar-refractivity contribution < 1.29 is 4.79 Å². The number of imidazole rings is 1. The lowest BCUT2D eigenvalue weighted by Gasteiger charge is -2.23. The van der Waals surface area contributed by atoms with Gasteiger partial charge < -0.3 is 9.88 Å². The molecule has 0 unspecified atom stereocenters. The predicted octanol–water partition coefficient (Wildman–Crippen LogP) is 4.84. The first-order valence-corrected chi connectivity index (χ1v) is 10.0. The molecule has 0 atom stereocenters. The van der Waals surface area contributed by atoms with E-state index < -0.39 is 0 Å². The number of aromatic amines is 1. The van der Waals surface area contributed by atoms with E-state index in [2.05, 4.69) is 59.9 Å². The Bertz CT molecular complexity index is 1060. The molecule has 138 valence electrons. The summed E-state index contributed by atoms with van der Waals surface area (Å²) in [5.41, 5.74) is 6.41. The molecule has 0 saturated carbocycles. The van der Waals surface area contributed by atoms with Gasteiger partial charge in [-0.2, -0.15) is 0 Å². The van der Waals surface area contributed by atoms with E-state index in [0.717, 1.165) is 21.9 Å². The largest absolute Gasteiger partial charge is 0.347 e. The number of carbonyl (C=O) groups excluding carboxylic acids is 1. The molecule has 2 heterocycles. The second-order valence-corrected chi connectivity index (χ2v) is 8.51. The number of hydrogen-bond donors (Lipinski definition) is 1. The van der Waals surface area contributed by atoms with Crippen LogP contribution < -0.4 is 4.90 Å². The molecule has 1 aromatic heterocycles. The molecule has 0 aliphatic carbocycles. The zero-order chi connectivity index (χ0) is 19.2. The number of aromatic nitrogens is 2. The smallest absolute Gasteiger partial charge is 0.167 e. The van der Waals surface area contributed by atoms with Crippen molar-refractivity contribution in [2.75, 3.05) is 17.7 Å². The van der Waals surface area contributed by atoms with Crippen molar-refractivity contribution >= 4 is 34.3 Å². The Hall–Kier alpha value is -2.53. The van der Waals surface area contributed by atoms with Crippen LogP contribution in [-0.2, 0) is 10.2 Å². The lowest BCUT2D eigenvalue weighted by molar-refractivity contribution is -0.112. The molecule has 1 aliphatic rings. The van der Waals surface area contributed by atoms with E-state index in [0.29, 0.717) is 5.75 Å². The topological polar surface area (TPSA) is 49.0 Å². The summed E-state index contributed by atoms with van der Waals surface area (Å²) in [4.78, 5) is 22.6. The summed E-state index contributed by atoms with van der Waals surface area (Å²) in [6.07, 6.45) is 1.79. The van der Waals surface area contributed by atoms with E-state index >= 15 is 0 Å². The van der Waals surface area contributed by atoms with Crippen molar-refractivity contribution in [1.82, 2.24) is 9.97 Å². The van der Waals surface area contributed by atoms with Crippen LogP contribution in [-0.4, -0.2) is 28.6 Å². The number of nitrogens with zero attached hydrogens (tertiary/aromatic N) is 2. The highest BCUT2D eigenvalue weighted by Gasteiger charge is 2.38. The van der Waals surface area contributed by atoms with Gasteiger partial charge in [-0.15, -0.1) is 0 Å². The number of nitrogens with one attached hydrogen (secondary N) is 1. The van der Waals surface area contributed by atoms with Crippen LogP contribution in [0.3, 0.4) is 0 Å². The zero-order valence-corrected chi connectivity index (χ0v) is 16.9. The number of ketones is 1. The van der Waals surface area contributed by atoms with Crippen LogP contribution in [0.25, 0.3) is 11.0 Å². The normalized spacial score (nSPS) is 16.9. The maximum atomic E-state index is 12.7. The van der Waals surface area contributed by atoms with Crippen LogP contribution in [0.5, 0.6) is 0 Å². The van der Waals surface area contributed by atoms with Gasteiger partial charge in [-0.25, -0.2) is 4.98 Å². The van der Waals surface area contributed by atoms with Gasteiger partial charge in [0.1, 0.15) is 0 Å². The van der Waals surface area contributed by atoms with E-state index in [1.54, 1.807) is 6.08 Å². The second-order valence-electron chi connectivity index (χ2n) is 7.55. The third kappa shape index (κ3) is 3.16. The van der Waals surface area contributed by atoms with Gasteiger partial charge in [0.15, 0.2) is 10.9 Å². The number of rotatable bonds is 4. The van der Waals surface area contributed by atoms with Gasteiger partial charge in [-0.3, -0.25) is 4.79 Å². The number of benzene rings is 2. The van der Waals surface area contributed by atoms with E-state index in [9.17, 15) is 4.79 Å². The van der Waals surface area contributed by atoms with Crippen LogP contribution in [0.15, 0.2) is 59.4 Å². The van der Waals surface area contributed by atoms with Crippen LogP contribution >= 0.6 is 11.8 Å². The number of anilines is 1. The Kier molecular flexibility index (Phi) is 4.35. The molecule has 0 bridgehead atoms. The number of hydrogen-bond acceptors (Lipinski definition) is 4. The van der Waals surface area contributed by atoms with E-state index in [4.69, 9.17) is 0 Å². The number of likely N-dealkylation sites (N-methyl/N-ethyl adjacent to an activating group) is 1. The molecule has 0 radical (unpaired) electrons. The molecule has 0 amide bonds. The van der Waals surface area contributed by atoms with Crippen molar-refractivity contribution in [2.45, 2.75) is 31.3 Å². The summed E-state index contributed by atoms with van der Waals surface area (Å²) in [5, 5.41) is 0.782. The van der Waals surface area contributed by atoms with Gasteiger partial charge >= 0.3 is 0 Å². The summed E-state index contributed by atoms with van der Waals surface area (Å²) >= 11 is 1.45. The fourth-order valence-corrected chi connectivity index (χ4v) is 4.47. The Labute approximate surface area is 163 Å². The molecule has 5 heteroatoms. The monoisotopic (exact) mass is 377 g/mol. The summed E-state index contributed by atoms with van der Waals surface area (Å²) in [6, 6.07) is 14.5. The van der Waals surface area contributed by atoms with Crippen molar-refractivity contribution in [1.29, 1.82) is 0 Å². The van der Waals surface area contributed by atoms with Crippen molar-refractivity contribution in [2.24, 2.45) is 0 Å². The third-order valence-corrected chi connectivity index (χ3v) is 6.10. The minimum atomic E-state index is -0.178. The van der Waals surface area contributed by atoms with Crippen LogP contribution in [0.4, 0.5) is 5.69 Å². The zero-order valence-electron chi connectivity index (χ0n) is 16.0. The molecule has 27 heavy (non-hydrogen) atoms. The first-order chi connectivity index (χ1) is 12.9. The summed E-state index contributed by atoms with van der Waals surface area (Å²) in [7, 11) is 2.03. The SMILES string of the molecule is Cc1ccc2nc(SCC(=O)C=C3N(C)c4ccccc4C3(C)C)[nH]c2c1. The average Bonchev–Trinajstić information content (AvgIpc) is 3.12. The maximum Gasteiger partial charge on any atom is 0.167 e. The second kappa shape index (κ2) is 6.57. The molecule has 0 saturated heterocycles. The highest BCUT2D eigenvalue weighted by atomic mass is 32.2. The summed E-state index contributed by atoms with van der Waals surface area (Å²) < 4.78 is 0. The molecule has 1 N–H and O–H groups in total. The molecule has 4 nitrogen and oxygen atoms in total. The number of H-pyrrole nitrogens is 1. The highest BCUT2D eigenvalue weighted by Crippen LogP contribution is 2.46. The first-order valence-electron chi connectivity index (χ1n) is 9.03. The van der Waals surface area contributed by atoms with Crippen molar-refractivity contribution in [3.63, 3.8) is 0 Å². The number of allylic oxidation sites excluding steroid dienone is 2. The van der Waals surface area contributed by atoms with Crippen LogP contribution in [0.2, 0.25) is 0 Å². The maximum absolute atomic E-state index is 12.7. The first kappa shape index (κ1) is 17.9. The Balaban J connectivity index is 1.51. The van der Waals surface area contributed by atoms with Crippen LogP contribution in [0, 0.1) is 6.92 Å². The number of carbonyl (C=O) groups is 1. The fraction of sp³-hybridized carbons (Fsp3) is 0.273. The lowest BCUT2D eigenvalue weighted by atomic mass is 9.83. The minimum Gasteiger partial charge on any atom is -0.347 e. The summed E-state index contributed by atoms with van der Waals surface area (Å²) in [6.45, 7) is 6.40. The quantitative estimate of drug-likeness (QED) is 0.522. The molecule has 0 spiro atoms. The van der Waals surface area contributed by atoms with Crippen molar-refractivity contribution in [3.05, 3.63) is 65.4 Å². The van der Waals surface area contributed by atoms with Crippen molar-refractivity contribution in [3.8, 4) is 0 Å². The lowest BCUT2D eigenvalue weighted by Crippen LogP contribution is -2.24. The number of aryl methyl sites for hydroxylation is 1. The Morgan fingerprint density at radius 1 is 1.26 bits per heavy atom.